The molecule has 3 heteroatoms. The first-order chi connectivity index (χ1) is 7.66. The molecule has 0 spiro atoms. The van der Waals surface area contributed by atoms with Gasteiger partial charge in [0.25, 0.3) is 0 Å². The summed E-state index contributed by atoms with van der Waals surface area (Å²) < 4.78 is 0. The fourth-order valence-electron chi connectivity index (χ4n) is 2.10. The van der Waals surface area contributed by atoms with E-state index in [0.717, 1.165) is 25.7 Å². The zero-order chi connectivity index (χ0) is 11.9. The van der Waals surface area contributed by atoms with Gasteiger partial charge in [-0.25, -0.2) is 0 Å². The van der Waals surface area contributed by atoms with Gasteiger partial charge in [0.15, 0.2) is 0 Å². The van der Waals surface area contributed by atoms with Crippen LogP contribution < -0.4 is 5.32 Å². The molecule has 2 N–H and O–H groups in total. The van der Waals surface area contributed by atoms with Gasteiger partial charge < -0.3 is 10.4 Å². The number of hydrogen-bond donors (Lipinski definition) is 2. The number of nitrogens with one attached hydrogen (secondary N) is 1. The van der Waals surface area contributed by atoms with Gasteiger partial charge in [-0.05, 0) is 12.8 Å². The number of amides is 1. The van der Waals surface area contributed by atoms with Gasteiger partial charge >= 0.3 is 0 Å². The van der Waals surface area contributed by atoms with Crippen molar-refractivity contribution in [1.29, 1.82) is 0 Å². The Hall–Kier alpha value is -1.01. The van der Waals surface area contributed by atoms with E-state index in [1.54, 1.807) is 0 Å². The molecular weight excluding hydrogens is 202 g/mol. The smallest absolute Gasteiger partial charge is 0.221 e. The third kappa shape index (κ3) is 4.67. The minimum Gasteiger partial charge on any atom is -0.388 e. The van der Waals surface area contributed by atoms with Gasteiger partial charge in [-0.2, -0.15) is 0 Å². The van der Waals surface area contributed by atoms with Crippen LogP contribution in [-0.4, -0.2) is 23.2 Å². The van der Waals surface area contributed by atoms with Crippen LogP contribution >= 0.6 is 0 Å². The molecule has 0 saturated heterocycles. The second-order valence-electron chi connectivity index (χ2n) is 4.62. The molecule has 0 heterocycles. The Morgan fingerprint density at radius 3 is 2.50 bits per heavy atom. The van der Waals surface area contributed by atoms with Crippen LogP contribution in [0.4, 0.5) is 0 Å². The molecule has 1 aliphatic carbocycles. The van der Waals surface area contributed by atoms with Crippen LogP contribution in [0.2, 0.25) is 0 Å². The van der Waals surface area contributed by atoms with E-state index in [1.165, 1.54) is 12.8 Å². The number of carbonyl (C=O) groups excluding carboxylic acids is 1. The molecule has 90 valence electrons. The molecule has 0 radical (unpaired) electrons. The average molecular weight is 223 g/mol. The van der Waals surface area contributed by atoms with Crippen molar-refractivity contribution < 1.29 is 9.90 Å². The SMILES string of the molecule is C#CCCC(=O)NCC1(O)CCCCCC1. The van der Waals surface area contributed by atoms with Crippen molar-refractivity contribution in [1.82, 2.24) is 5.32 Å². The predicted molar refractivity (Wildman–Crippen MR) is 63.7 cm³/mol. The minimum absolute atomic E-state index is 0.0596. The number of terminal acetylenes is 1. The van der Waals surface area contributed by atoms with Crippen molar-refractivity contribution in [3.63, 3.8) is 0 Å². The second kappa shape index (κ2) is 6.55. The molecule has 1 amide bonds. The molecule has 0 aromatic carbocycles. The van der Waals surface area contributed by atoms with E-state index < -0.39 is 5.60 Å². The molecule has 1 fully saturated rings. The number of hydrogen-bond acceptors (Lipinski definition) is 2. The number of carbonyl (C=O) groups is 1. The van der Waals surface area contributed by atoms with Gasteiger partial charge in [0.2, 0.25) is 5.91 Å². The quantitative estimate of drug-likeness (QED) is 0.562. The van der Waals surface area contributed by atoms with Gasteiger partial charge in [-0.1, -0.05) is 25.7 Å². The normalized spacial score (nSPS) is 19.5. The maximum absolute atomic E-state index is 11.4. The topological polar surface area (TPSA) is 49.3 Å². The maximum atomic E-state index is 11.4. The van der Waals surface area contributed by atoms with Gasteiger partial charge in [0.1, 0.15) is 0 Å². The third-order valence-corrected chi connectivity index (χ3v) is 3.15. The zero-order valence-corrected chi connectivity index (χ0v) is 9.80. The van der Waals surface area contributed by atoms with Crippen molar-refractivity contribution in [2.24, 2.45) is 0 Å². The largest absolute Gasteiger partial charge is 0.388 e. The summed E-state index contributed by atoms with van der Waals surface area (Å²) in [6, 6.07) is 0. The first-order valence-electron chi connectivity index (χ1n) is 6.09. The summed E-state index contributed by atoms with van der Waals surface area (Å²) >= 11 is 0. The fraction of sp³-hybridized carbons (Fsp3) is 0.769. The van der Waals surface area contributed by atoms with Crippen LogP contribution in [0.25, 0.3) is 0 Å². The van der Waals surface area contributed by atoms with Crippen LogP contribution in [0.3, 0.4) is 0 Å². The summed E-state index contributed by atoms with van der Waals surface area (Å²) in [7, 11) is 0. The molecule has 0 aliphatic heterocycles. The molecule has 16 heavy (non-hydrogen) atoms. The molecule has 0 atom stereocenters. The second-order valence-corrected chi connectivity index (χ2v) is 4.62. The summed E-state index contributed by atoms with van der Waals surface area (Å²) in [5.74, 6) is 2.37. The molecular formula is C13H21NO2. The van der Waals surface area contributed by atoms with Crippen molar-refractivity contribution >= 4 is 5.91 Å². The summed E-state index contributed by atoms with van der Waals surface area (Å²) in [4.78, 5) is 11.4. The lowest BCUT2D eigenvalue weighted by molar-refractivity contribution is -0.122. The molecule has 1 rings (SSSR count). The monoisotopic (exact) mass is 223 g/mol. The van der Waals surface area contributed by atoms with Crippen molar-refractivity contribution in [3.8, 4) is 12.3 Å². The highest BCUT2D eigenvalue weighted by atomic mass is 16.3. The highest BCUT2D eigenvalue weighted by molar-refractivity contribution is 5.76. The molecule has 0 aromatic heterocycles. The van der Waals surface area contributed by atoms with Crippen LogP contribution in [-0.2, 0) is 4.79 Å². The molecule has 1 aliphatic rings. The van der Waals surface area contributed by atoms with Gasteiger partial charge in [-0.15, -0.1) is 12.3 Å². The lowest BCUT2D eigenvalue weighted by Gasteiger charge is -2.26. The van der Waals surface area contributed by atoms with E-state index in [2.05, 4.69) is 11.2 Å². The maximum Gasteiger partial charge on any atom is 0.221 e. The van der Waals surface area contributed by atoms with E-state index in [1.807, 2.05) is 0 Å². The first kappa shape index (κ1) is 13.1. The number of rotatable bonds is 4. The summed E-state index contributed by atoms with van der Waals surface area (Å²) in [6.45, 7) is 0.371. The zero-order valence-electron chi connectivity index (χ0n) is 9.80. The molecule has 0 unspecified atom stereocenters. The standard InChI is InChI=1S/C13H21NO2/c1-2-3-8-12(15)14-11-13(16)9-6-4-5-7-10-13/h1,16H,3-11H2,(H,14,15). The molecule has 0 aromatic rings. The summed E-state index contributed by atoms with van der Waals surface area (Å²) in [5, 5.41) is 13.0. The minimum atomic E-state index is -0.692. The van der Waals surface area contributed by atoms with Gasteiger partial charge in [-0.3, -0.25) is 4.79 Å². The van der Waals surface area contributed by atoms with Crippen LogP contribution in [0.5, 0.6) is 0 Å². The van der Waals surface area contributed by atoms with E-state index in [-0.39, 0.29) is 5.91 Å². The Labute approximate surface area is 97.6 Å². The molecule has 3 nitrogen and oxygen atoms in total. The predicted octanol–water partition coefficient (Wildman–Crippen LogP) is 1.60. The van der Waals surface area contributed by atoms with Crippen molar-refractivity contribution in [2.45, 2.75) is 57.0 Å². The van der Waals surface area contributed by atoms with Gasteiger partial charge in [0, 0.05) is 19.4 Å². The fourth-order valence-corrected chi connectivity index (χ4v) is 2.10. The lowest BCUT2D eigenvalue weighted by atomic mass is 9.94. The van der Waals surface area contributed by atoms with Crippen molar-refractivity contribution in [3.05, 3.63) is 0 Å². The third-order valence-electron chi connectivity index (χ3n) is 3.15. The molecule has 0 bridgehead atoms. The highest BCUT2D eigenvalue weighted by Crippen LogP contribution is 2.26. The Bertz CT molecular complexity index is 260. The summed E-state index contributed by atoms with van der Waals surface area (Å²) in [6.07, 6.45) is 12.0. The van der Waals surface area contributed by atoms with Crippen LogP contribution in [0, 0.1) is 12.3 Å². The Morgan fingerprint density at radius 1 is 1.31 bits per heavy atom. The lowest BCUT2D eigenvalue weighted by Crippen LogP contribution is -2.42. The Kier molecular flexibility index (Phi) is 5.34. The van der Waals surface area contributed by atoms with Crippen LogP contribution in [0.15, 0.2) is 0 Å². The average Bonchev–Trinajstić information content (AvgIpc) is 2.49. The number of aliphatic hydroxyl groups is 1. The van der Waals surface area contributed by atoms with Crippen LogP contribution in [0.1, 0.15) is 51.4 Å². The Balaban J connectivity index is 2.29. The van der Waals surface area contributed by atoms with Crippen molar-refractivity contribution in [2.75, 3.05) is 6.54 Å². The Morgan fingerprint density at radius 2 is 1.94 bits per heavy atom. The van der Waals surface area contributed by atoms with E-state index in [4.69, 9.17) is 6.42 Å². The van der Waals surface area contributed by atoms with Gasteiger partial charge in [0.05, 0.1) is 5.60 Å². The van der Waals surface area contributed by atoms with E-state index in [9.17, 15) is 9.90 Å². The van der Waals surface area contributed by atoms with E-state index in [0.29, 0.717) is 19.4 Å². The summed E-state index contributed by atoms with van der Waals surface area (Å²) in [5.41, 5.74) is -0.692. The first-order valence-corrected chi connectivity index (χ1v) is 6.09. The molecule has 1 saturated carbocycles. The van der Waals surface area contributed by atoms with E-state index >= 15 is 0 Å². The highest BCUT2D eigenvalue weighted by Gasteiger charge is 2.28.